The minimum absolute atomic E-state index is 0.00592. The maximum atomic E-state index is 12.9. The Kier molecular flexibility index (Phi) is 11.6. The second kappa shape index (κ2) is 17.0. The van der Waals surface area contributed by atoms with Gasteiger partial charge in [0.1, 0.15) is 11.5 Å². The Morgan fingerprint density at radius 3 is 2.19 bits per heavy atom. The van der Waals surface area contributed by atoms with E-state index in [0.717, 1.165) is 72.0 Å². The van der Waals surface area contributed by atoms with E-state index in [1.165, 1.54) is 0 Å². The number of urea groups is 1. The zero-order chi connectivity index (χ0) is 35.7. The molecule has 2 fully saturated rings. The maximum Gasteiger partial charge on any atom is 0.319 e. The largest absolute Gasteiger partial charge is 0.457 e. The van der Waals surface area contributed by atoms with Crippen molar-refractivity contribution in [2.75, 3.05) is 38.2 Å². The first-order valence-corrected chi connectivity index (χ1v) is 17.9. The van der Waals surface area contributed by atoms with Gasteiger partial charge >= 0.3 is 6.03 Å². The lowest BCUT2D eigenvalue weighted by Crippen LogP contribution is -2.47. The standard InChI is InChI=1S/C43H45N3O6/c1-30-40(28-46-23-25-49-26-24-46)51-42(52-41(30)33-13-11-31(29-47)12-14-33)34-17-15-32(16-18-34)39-10-6-5-7-35(39)27-44-43(48)45-36-19-21-38(22-20-36)50-37-8-3-2-4-9-37/h2-22,30,40-42,47H,23-29H2,1H3,(H2,44,45,48). The van der Waals surface area contributed by atoms with Gasteiger partial charge in [0, 0.05) is 43.3 Å². The van der Waals surface area contributed by atoms with E-state index in [1.54, 1.807) is 0 Å². The second-order valence-electron chi connectivity index (χ2n) is 13.3. The number of aliphatic hydroxyl groups excluding tert-OH is 1. The number of rotatable bonds is 11. The summed E-state index contributed by atoms with van der Waals surface area (Å²) < 4.78 is 24.8. The summed E-state index contributed by atoms with van der Waals surface area (Å²) in [7, 11) is 0. The molecule has 2 aliphatic heterocycles. The van der Waals surface area contributed by atoms with Gasteiger partial charge < -0.3 is 34.7 Å². The van der Waals surface area contributed by atoms with Gasteiger partial charge in [0.2, 0.25) is 0 Å². The van der Waals surface area contributed by atoms with Gasteiger partial charge in [-0.05, 0) is 64.2 Å². The van der Waals surface area contributed by atoms with E-state index < -0.39 is 6.29 Å². The molecule has 0 saturated carbocycles. The number of benzene rings is 5. The summed E-state index contributed by atoms with van der Waals surface area (Å²) >= 11 is 0. The summed E-state index contributed by atoms with van der Waals surface area (Å²) in [6, 6.07) is 40.9. The zero-order valence-electron chi connectivity index (χ0n) is 29.3. The van der Waals surface area contributed by atoms with Gasteiger partial charge in [0.05, 0.1) is 32.0 Å². The highest BCUT2D eigenvalue weighted by Gasteiger charge is 2.39. The van der Waals surface area contributed by atoms with Crippen LogP contribution in [-0.2, 0) is 27.4 Å². The molecule has 52 heavy (non-hydrogen) atoms. The molecule has 7 rings (SSSR count). The van der Waals surface area contributed by atoms with Gasteiger partial charge in [-0.25, -0.2) is 4.79 Å². The van der Waals surface area contributed by atoms with Crippen LogP contribution in [0.2, 0.25) is 0 Å². The molecule has 2 aliphatic rings. The van der Waals surface area contributed by atoms with E-state index in [9.17, 15) is 9.90 Å². The number of nitrogens with one attached hydrogen (secondary N) is 2. The van der Waals surface area contributed by atoms with Crippen molar-refractivity contribution in [1.82, 2.24) is 10.2 Å². The predicted molar refractivity (Wildman–Crippen MR) is 201 cm³/mol. The topological polar surface area (TPSA) is 102 Å². The summed E-state index contributed by atoms with van der Waals surface area (Å²) in [6.07, 6.45) is -0.758. The number of amides is 2. The number of hydrogen-bond donors (Lipinski definition) is 3. The molecule has 3 N–H and O–H groups in total. The number of anilines is 1. The van der Waals surface area contributed by atoms with Crippen molar-refractivity contribution < 1.29 is 28.8 Å². The number of hydrogen-bond acceptors (Lipinski definition) is 7. The molecule has 2 saturated heterocycles. The van der Waals surface area contributed by atoms with Crippen LogP contribution in [0.15, 0.2) is 127 Å². The molecule has 4 atom stereocenters. The summed E-state index contributed by atoms with van der Waals surface area (Å²) in [4.78, 5) is 15.3. The molecular formula is C43H45N3O6. The SMILES string of the molecule is CC1C(CN2CCOCC2)OC(c2ccc(-c3ccccc3CNC(=O)Nc3ccc(Oc4ccccc4)cc3)cc2)OC1c1ccc(CO)cc1. The number of carbonyl (C=O) groups is 1. The maximum absolute atomic E-state index is 12.9. The third kappa shape index (κ3) is 8.88. The minimum Gasteiger partial charge on any atom is -0.457 e. The Bertz CT molecular complexity index is 1880. The molecule has 5 aromatic rings. The van der Waals surface area contributed by atoms with E-state index in [4.69, 9.17) is 18.9 Å². The van der Waals surface area contributed by atoms with Crippen molar-refractivity contribution in [2.24, 2.45) is 5.92 Å². The van der Waals surface area contributed by atoms with Crippen molar-refractivity contribution in [1.29, 1.82) is 0 Å². The quantitative estimate of drug-likeness (QED) is 0.128. The lowest BCUT2D eigenvalue weighted by Gasteiger charge is -2.43. The third-order valence-corrected chi connectivity index (χ3v) is 9.71. The number of morpholine rings is 1. The molecule has 0 aromatic heterocycles. The van der Waals surface area contributed by atoms with E-state index in [2.05, 4.69) is 52.8 Å². The Morgan fingerprint density at radius 1 is 0.788 bits per heavy atom. The molecule has 5 aromatic carbocycles. The van der Waals surface area contributed by atoms with Crippen LogP contribution in [0.1, 0.15) is 41.6 Å². The summed E-state index contributed by atoms with van der Waals surface area (Å²) in [6.45, 7) is 6.59. The number of ether oxygens (including phenoxy) is 4. The molecule has 2 amide bonds. The fraction of sp³-hybridized carbons (Fsp3) is 0.279. The lowest BCUT2D eigenvalue weighted by molar-refractivity contribution is -0.277. The monoisotopic (exact) mass is 699 g/mol. The highest BCUT2D eigenvalue weighted by molar-refractivity contribution is 5.89. The molecule has 2 heterocycles. The lowest BCUT2D eigenvalue weighted by atomic mass is 9.90. The average Bonchev–Trinajstić information content (AvgIpc) is 3.20. The van der Waals surface area contributed by atoms with Crippen molar-refractivity contribution in [3.63, 3.8) is 0 Å². The first-order valence-electron chi connectivity index (χ1n) is 17.9. The van der Waals surface area contributed by atoms with Crippen LogP contribution in [0.5, 0.6) is 11.5 Å². The van der Waals surface area contributed by atoms with Crippen LogP contribution in [-0.4, -0.2) is 55.0 Å². The van der Waals surface area contributed by atoms with Crippen LogP contribution < -0.4 is 15.4 Å². The van der Waals surface area contributed by atoms with E-state index in [1.807, 2.05) is 97.1 Å². The summed E-state index contributed by atoms with van der Waals surface area (Å²) in [5.74, 6) is 1.56. The van der Waals surface area contributed by atoms with Gasteiger partial charge in [0.15, 0.2) is 6.29 Å². The Balaban J connectivity index is 1.01. The minimum atomic E-state index is -0.543. The summed E-state index contributed by atoms with van der Waals surface area (Å²) in [5, 5.41) is 15.5. The average molecular weight is 700 g/mol. The smallest absolute Gasteiger partial charge is 0.319 e. The molecule has 268 valence electrons. The van der Waals surface area contributed by atoms with Gasteiger partial charge in [-0.3, -0.25) is 4.90 Å². The van der Waals surface area contributed by atoms with E-state index in [-0.39, 0.29) is 30.8 Å². The van der Waals surface area contributed by atoms with Gasteiger partial charge in [0.25, 0.3) is 0 Å². The van der Waals surface area contributed by atoms with E-state index >= 15 is 0 Å². The third-order valence-electron chi connectivity index (χ3n) is 9.71. The van der Waals surface area contributed by atoms with Crippen LogP contribution >= 0.6 is 0 Å². The van der Waals surface area contributed by atoms with Crippen LogP contribution in [0.25, 0.3) is 11.1 Å². The fourth-order valence-corrected chi connectivity index (χ4v) is 6.72. The van der Waals surface area contributed by atoms with Crippen LogP contribution in [0.3, 0.4) is 0 Å². The molecule has 4 unspecified atom stereocenters. The van der Waals surface area contributed by atoms with Gasteiger partial charge in [-0.2, -0.15) is 0 Å². The predicted octanol–water partition coefficient (Wildman–Crippen LogP) is 8.08. The highest BCUT2D eigenvalue weighted by Crippen LogP contribution is 2.42. The molecule has 9 heteroatoms. The normalized spacial score (nSPS) is 20.6. The van der Waals surface area contributed by atoms with Gasteiger partial charge in [-0.1, -0.05) is 97.9 Å². The molecule has 9 nitrogen and oxygen atoms in total. The van der Waals surface area contributed by atoms with E-state index in [0.29, 0.717) is 18.0 Å². The van der Waals surface area contributed by atoms with Crippen molar-refractivity contribution in [3.05, 3.63) is 150 Å². The van der Waals surface area contributed by atoms with Gasteiger partial charge in [-0.15, -0.1) is 0 Å². The van der Waals surface area contributed by atoms with Crippen LogP contribution in [0, 0.1) is 5.92 Å². The zero-order valence-corrected chi connectivity index (χ0v) is 29.3. The number of aliphatic hydroxyl groups is 1. The second-order valence-corrected chi connectivity index (χ2v) is 13.3. The van der Waals surface area contributed by atoms with Crippen molar-refractivity contribution in [2.45, 2.75) is 38.6 Å². The first kappa shape index (κ1) is 35.4. The number of para-hydroxylation sites is 1. The molecule has 0 radical (unpaired) electrons. The fourth-order valence-electron chi connectivity index (χ4n) is 6.72. The van der Waals surface area contributed by atoms with Crippen molar-refractivity contribution >= 4 is 11.7 Å². The first-order chi connectivity index (χ1) is 25.5. The van der Waals surface area contributed by atoms with Crippen molar-refractivity contribution in [3.8, 4) is 22.6 Å². The highest BCUT2D eigenvalue weighted by atomic mass is 16.7. The Hall–Kier alpha value is -5.03. The molecule has 0 spiro atoms. The number of nitrogens with zero attached hydrogens (tertiary/aromatic N) is 1. The number of carbonyl (C=O) groups excluding carboxylic acids is 1. The summed E-state index contributed by atoms with van der Waals surface area (Å²) in [5.41, 5.74) is 6.60. The molecule has 0 aliphatic carbocycles. The Morgan fingerprint density at radius 2 is 1.46 bits per heavy atom. The van der Waals surface area contributed by atoms with Crippen LogP contribution in [0.4, 0.5) is 10.5 Å². The Labute approximate surface area is 305 Å². The molecular weight excluding hydrogens is 654 g/mol. The molecule has 0 bridgehead atoms.